The first kappa shape index (κ1) is 40.3. The van der Waals surface area contributed by atoms with Gasteiger partial charge < -0.3 is 9.45 Å². The van der Waals surface area contributed by atoms with Crippen molar-refractivity contribution in [1.29, 1.82) is 0 Å². The third-order valence-corrected chi connectivity index (χ3v) is 13.0. The highest BCUT2D eigenvalue weighted by atomic mass is 32.2. The SMILES string of the molecule is CCOS(=O)(=O)CCCC[N+]1=C(C=CC=CC=CC=C2N(CCCCS(=O)(=O)[O-])c3ccc4ccccc4c3C2(C)C)C(C)(C)c2c1ccc1ccccc21. The van der Waals surface area contributed by atoms with Crippen molar-refractivity contribution < 1.29 is 30.1 Å². The van der Waals surface area contributed by atoms with E-state index in [4.69, 9.17) is 4.18 Å². The van der Waals surface area contributed by atoms with Gasteiger partial charge in [-0.3, -0.25) is 4.18 Å². The van der Waals surface area contributed by atoms with Crippen molar-refractivity contribution in [3.8, 4) is 0 Å². The van der Waals surface area contributed by atoms with E-state index in [9.17, 15) is 21.4 Å². The van der Waals surface area contributed by atoms with Crippen LogP contribution in [0.15, 0.2) is 121 Å². The van der Waals surface area contributed by atoms with E-state index in [-0.39, 0.29) is 28.9 Å². The molecule has 10 heteroatoms. The topological polar surface area (TPSA) is 107 Å². The summed E-state index contributed by atoms with van der Waals surface area (Å²) < 4.78 is 65.5. The van der Waals surface area contributed by atoms with Gasteiger partial charge in [-0.1, -0.05) is 98.8 Å². The zero-order valence-electron chi connectivity index (χ0n) is 32.5. The van der Waals surface area contributed by atoms with Gasteiger partial charge in [0.05, 0.1) is 27.9 Å². The Morgan fingerprint density at radius 3 is 2.02 bits per heavy atom. The number of benzene rings is 4. The van der Waals surface area contributed by atoms with Gasteiger partial charge in [-0.25, -0.2) is 8.42 Å². The van der Waals surface area contributed by atoms with E-state index in [2.05, 4.69) is 122 Å². The van der Waals surface area contributed by atoms with Crippen molar-refractivity contribution in [2.24, 2.45) is 0 Å². The summed E-state index contributed by atoms with van der Waals surface area (Å²) in [5.41, 5.74) is 6.45. The molecule has 0 fully saturated rings. The summed E-state index contributed by atoms with van der Waals surface area (Å²) in [6.45, 7) is 12.1. The van der Waals surface area contributed by atoms with Gasteiger partial charge in [-0.05, 0) is 85.4 Å². The Morgan fingerprint density at radius 1 is 0.709 bits per heavy atom. The van der Waals surface area contributed by atoms with Crippen LogP contribution in [0.3, 0.4) is 0 Å². The molecule has 0 N–H and O–H groups in total. The summed E-state index contributed by atoms with van der Waals surface area (Å²) in [7, 11) is -7.78. The van der Waals surface area contributed by atoms with Crippen LogP contribution in [0.5, 0.6) is 0 Å². The largest absolute Gasteiger partial charge is 0.748 e. The van der Waals surface area contributed by atoms with E-state index < -0.39 is 20.2 Å². The van der Waals surface area contributed by atoms with E-state index in [0.29, 0.717) is 38.8 Å². The van der Waals surface area contributed by atoms with Gasteiger partial charge in [0.15, 0.2) is 5.71 Å². The second-order valence-electron chi connectivity index (χ2n) is 15.3. The maximum Gasteiger partial charge on any atom is 0.267 e. The zero-order chi connectivity index (χ0) is 39.4. The summed E-state index contributed by atoms with van der Waals surface area (Å²) in [5, 5.41) is 4.78. The molecule has 4 aromatic carbocycles. The van der Waals surface area contributed by atoms with Crippen molar-refractivity contribution in [1.82, 2.24) is 0 Å². The maximum atomic E-state index is 12.2. The quantitative estimate of drug-likeness (QED) is 0.0367. The first-order valence-electron chi connectivity index (χ1n) is 19.2. The average molecular weight is 781 g/mol. The van der Waals surface area contributed by atoms with Gasteiger partial charge in [0.2, 0.25) is 5.69 Å². The molecule has 2 heterocycles. The lowest BCUT2D eigenvalue weighted by molar-refractivity contribution is -0.438. The Hall–Kier alpha value is -4.35. The summed E-state index contributed by atoms with van der Waals surface area (Å²) in [6.07, 6.45) is 16.6. The van der Waals surface area contributed by atoms with Crippen molar-refractivity contribution in [3.63, 3.8) is 0 Å². The summed E-state index contributed by atoms with van der Waals surface area (Å²) in [6, 6.07) is 25.5. The lowest BCUT2D eigenvalue weighted by Gasteiger charge is -2.27. The lowest BCUT2D eigenvalue weighted by Crippen LogP contribution is -2.28. The Morgan fingerprint density at radius 2 is 1.33 bits per heavy atom. The Bertz CT molecular complexity index is 2460. The normalized spacial score (nSPS) is 17.6. The van der Waals surface area contributed by atoms with Gasteiger partial charge in [0, 0.05) is 53.2 Å². The van der Waals surface area contributed by atoms with Crippen molar-refractivity contribution >= 4 is 58.9 Å². The van der Waals surface area contributed by atoms with Crippen LogP contribution in [0.2, 0.25) is 0 Å². The van der Waals surface area contributed by atoms with Crippen LogP contribution < -0.4 is 4.90 Å². The van der Waals surface area contributed by atoms with E-state index in [1.54, 1.807) is 6.92 Å². The second kappa shape index (κ2) is 16.4. The highest BCUT2D eigenvalue weighted by Gasteiger charge is 2.45. The molecule has 0 radical (unpaired) electrons. The van der Waals surface area contributed by atoms with Crippen LogP contribution in [-0.2, 0) is 35.2 Å². The van der Waals surface area contributed by atoms with Crippen molar-refractivity contribution in [2.45, 2.75) is 71.1 Å². The molecule has 4 aromatic rings. The number of hydrogen-bond donors (Lipinski definition) is 0. The molecule has 6 rings (SSSR count). The number of nitrogens with zero attached hydrogens (tertiary/aromatic N) is 2. The Labute approximate surface area is 327 Å². The second-order valence-corrected chi connectivity index (χ2v) is 18.6. The molecular weight excluding hydrogens is 729 g/mol. The van der Waals surface area contributed by atoms with Crippen LogP contribution in [-0.4, -0.2) is 62.9 Å². The fourth-order valence-corrected chi connectivity index (χ4v) is 9.97. The Kier molecular flexibility index (Phi) is 12.0. The minimum absolute atomic E-state index is 0.00242. The van der Waals surface area contributed by atoms with Gasteiger partial charge in [0.1, 0.15) is 6.54 Å². The number of unbranched alkanes of at least 4 members (excludes halogenated alkanes) is 2. The molecule has 0 bridgehead atoms. The highest BCUT2D eigenvalue weighted by molar-refractivity contribution is 7.86. The number of hydrogen-bond acceptors (Lipinski definition) is 7. The number of fused-ring (bicyclic) bond motifs is 6. The first-order chi connectivity index (χ1) is 26.2. The molecule has 0 saturated carbocycles. The third-order valence-electron chi connectivity index (χ3n) is 10.8. The van der Waals surface area contributed by atoms with Gasteiger partial charge in [-0.2, -0.15) is 13.0 Å². The predicted molar refractivity (Wildman–Crippen MR) is 225 cm³/mol. The standard InChI is InChI=1S/C45H52N2O6S2/c1-6-53-55(51,52)33-19-17-31-47-39-29-27-35-21-13-15-23-37(35)43(39)45(4,5)41(47)25-11-9-7-8-10-24-40-44(2,3)42-36-22-14-12-20-34(36)26-28-38(42)46(40)30-16-18-32-54(48,49)50/h7-15,20-29H,6,16-19,30-33H2,1-5H3. The first-order valence-corrected chi connectivity index (χ1v) is 22.3. The predicted octanol–water partition coefficient (Wildman–Crippen LogP) is 9.19. The summed E-state index contributed by atoms with van der Waals surface area (Å²) >= 11 is 0. The lowest BCUT2D eigenvalue weighted by atomic mass is 9.79. The molecule has 0 spiro atoms. The van der Waals surface area contributed by atoms with Gasteiger partial charge >= 0.3 is 0 Å². The van der Waals surface area contributed by atoms with E-state index >= 15 is 0 Å². The highest BCUT2D eigenvalue weighted by Crippen LogP contribution is 2.51. The fraction of sp³-hybridized carbons (Fsp3) is 0.356. The molecule has 55 heavy (non-hydrogen) atoms. The van der Waals surface area contributed by atoms with Crippen LogP contribution in [0.4, 0.5) is 11.4 Å². The minimum atomic E-state index is -4.26. The molecule has 290 valence electrons. The molecule has 0 aromatic heterocycles. The molecule has 0 aliphatic carbocycles. The third kappa shape index (κ3) is 8.73. The van der Waals surface area contributed by atoms with E-state index in [1.165, 1.54) is 32.7 Å². The number of anilines is 1. The van der Waals surface area contributed by atoms with E-state index in [0.717, 1.165) is 22.8 Å². The molecule has 0 unspecified atom stereocenters. The molecule has 8 nitrogen and oxygen atoms in total. The Balaban J connectivity index is 1.24. The molecule has 2 aliphatic heterocycles. The van der Waals surface area contributed by atoms with Gasteiger partial charge in [0.25, 0.3) is 10.1 Å². The van der Waals surface area contributed by atoms with Crippen LogP contribution in [0, 0.1) is 0 Å². The average Bonchev–Trinajstić information content (AvgIpc) is 3.49. The van der Waals surface area contributed by atoms with Crippen molar-refractivity contribution in [3.05, 3.63) is 132 Å². The summed E-state index contributed by atoms with van der Waals surface area (Å²) in [4.78, 5) is 2.27. The molecule has 0 saturated heterocycles. The monoisotopic (exact) mass is 780 g/mol. The van der Waals surface area contributed by atoms with Crippen LogP contribution in [0.25, 0.3) is 21.5 Å². The minimum Gasteiger partial charge on any atom is -0.748 e. The zero-order valence-corrected chi connectivity index (χ0v) is 34.1. The molecule has 0 atom stereocenters. The smallest absolute Gasteiger partial charge is 0.267 e. The van der Waals surface area contributed by atoms with Crippen LogP contribution >= 0.6 is 0 Å². The molecule has 0 amide bonds. The molecule has 2 aliphatic rings. The van der Waals surface area contributed by atoms with Crippen molar-refractivity contribution in [2.75, 3.05) is 36.1 Å². The molecular formula is C45H52N2O6S2. The van der Waals surface area contributed by atoms with Crippen LogP contribution in [0.1, 0.15) is 71.4 Å². The maximum absolute atomic E-state index is 12.2. The number of rotatable bonds is 16. The number of allylic oxidation sites excluding steroid dienone is 8. The van der Waals surface area contributed by atoms with Gasteiger partial charge in [-0.15, -0.1) is 0 Å². The van der Waals surface area contributed by atoms with E-state index in [1.807, 2.05) is 30.4 Å². The summed E-state index contributed by atoms with van der Waals surface area (Å²) in [5.74, 6) is -0.357. The fourth-order valence-electron chi connectivity index (χ4n) is 8.37.